The summed E-state index contributed by atoms with van der Waals surface area (Å²) in [4.78, 5) is 23.6. The summed E-state index contributed by atoms with van der Waals surface area (Å²) in [6.07, 6.45) is 2.16. The van der Waals surface area contributed by atoms with E-state index in [1.54, 1.807) is 30.3 Å². The number of hydrogen-bond donors (Lipinski definition) is 2. The molecule has 0 unspecified atom stereocenters. The average Bonchev–Trinajstić information content (AvgIpc) is 2.57. The predicted octanol–water partition coefficient (Wildman–Crippen LogP) is 3.82. The van der Waals surface area contributed by atoms with Crippen molar-refractivity contribution in [2.45, 2.75) is 38.0 Å². The van der Waals surface area contributed by atoms with Gasteiger partial charge in [-0.05, 0) is 37.3 Å². The third-order valence-electron chi connectivity index (χ3n) is 4.38. The van der Waals surface area contributed by atoms with E-state index in [0.717, 1.165) is 12.8 Å². The van der Waals surface area contributed by atoms with Gasteiger partial charge < -0.3 is 10.2 Å². The molecule has 0 bridgehead atoms. The first-order valence-electron chi connectivity index (χ1n) is 8.04. The molecule has 2 aromatic carbocycles. The fourth-order valence-corrected chi connectivity index (χ4v) is 2.89. The molecule has 0 heterocycles. The van der Waals surface area contributed by atoms with Crippen LogP contribution in [0.4, 0.5) is 0 Å². The van der Waals surface area contributed by atoms with Crippen LogP contribution < -0.4 is 0 Å². The Hall–Kier alpha value is -2.62. The number of unbranched alkanes of at least 4 members (excludes halogenated alkanes) is 1. The molecule has 2 aromatic rings. The molecule has 0 radical (unpaired) electrons. The maximum absolute atomic E-state index is 11.8. The maximum atomic E-state index is 11.8. The second kappa shape index (κ2) is 7.77. The lowest BCUT2D eigenvalue weighted by molar-refractivity contribution is -0.158. The van der Waals surface area contributed by atoms with Gasteiger partial charge in [0.1, 0.15) is 0 Å². The van der Waals surface area contributed by atoms with Gasteiger partial charge in [-0.1, -0.05) is 66.6 Å². The molecule has 0 saturated heterocycles. The highest BCUT2D eigenvalue weighted by atomic mass is 16.4. The van der Waals surface area contributed by atoms with Crippen molar-refractivity contribution >= 4 is 11.9 Å². The summed E-state index contributed by atoms with van der Waals surface area (Å²) in [5, 5.41) is 19.2. The van der Waals surface area contributed by atoms with Gasteiger partial charge in [0.05, 0.1) is 0 Å². The molecule has 2 N–H and O–H groups in total. The summed E-state index contributed by atoms with van der Waals surface area (Å²) in [5.74, 6) is -2.62. The summed E-state index contributed by atoms with van der Waals surface area (Å²) in [7, 11) is 0. The standard InChI is InChI=1S/C20H22O4/c1-15-10-12-16(13-11-15)7-5-6-14-20(18(21)22,19(23)24)17-8-3-2-4-9-17/h2-4,8-13H,5-7,14H2,1H3,(H,21,22)(H,23,24). The number of carboxylic acid groups (broad SMARTS) is 2. The molecule has 4 heteroatoms. The molecule has 0 aliphatic rings. The Labute approximate surface area is 141 Å². The first-order chi connectivity index (χ1) is 11.5. The third-order valence-corrected chi connectivity index (χ3v) is 4.38. The van der Waals surface area contributed by atoms with E-state index < -0.39 is 17.4 Å². The third kappa shape index (κ3) is 3.82. The van der Waals surface area contributed by atoms with E-state index in [-0.39, 0.29) is 6.42 Å². The van der Waals surface area contributed by atoms with Crippen LogP contribution in [0.3, 0.4) is 0 Å². The quantitative estimate of drug-likeness (QED) is 0.571. The minimum Gasteiger partial charge on any atom is -0.480 e. The van der Waals surface area contributed by atoms with Crippen molar-refractivity contribution < 1.29 is 19.8 Å². The molecule has 0 atom stereocenters. The SMILES string of the molecule is Cc1ccc(CCCCC(C(=O)O)(C(=O)O)c2ccccc2)cc1. The first kappa shape index (κ1) is 17.7. The van der Waals surface area contributed by atoms with Crippen molar-refractivity contribution in [2.24, 2.45) is 0 Å². The zero-order valence-corrected chi connectivity index (χ0v) is 13.7. The Morgan fingerprint density at radius 2 is 1.46 bits per heavy atom. The van der Waals surface area contributed by atoms with Gasteiger partial charge in [0.15, 0.2) is 5.41 Å². The van der Waals surface area contributed by atoms with Crippen molar-refractivity contribution in [1.82, 2.24) is 0 Å². The largest absolute Gasteiger partial charge is 0.480 e. The van der Waals surface area contributed by atoms with Crippen LogP contribution in [-0.2, 0) is 21.4 Å². The maximum Gasteiger partial charge on any atom is 0.325 e. The molecule has 0 amide bonds. The van der Waals surface area contributed by atoms with Gasteiger partial charge in [-0.15, -0.1) is 0 Å². The minimum atomic E-state index is -1.88. The molecule has 0 aliphatic carbocycles. The van der Waals surface area contributed by atoms with E-state index in [4.69, 9.17) is 0 Å². The van der Waals surface area contributed by atoms with Crippen molar-refractivity contribution in [2.75, 3.05) is 0 Å². The van der Waals surface area contributed by atoms with E-state index in [2.05, 4.69) is 0 Å². The van der Waals surface area contributed by atoms with Crippen LogP contribution >= 0.6 is 0 Å². The molecular formula is C20H22O4. The lowest BCUT2D eigenvalue weighted by Gasteiger charge is -2.25. The van der Waals surface area contributed by atoms with E-state index in [0.29, 0.717) is 12.0 Å². The Kier molecular flexibility index (Phi) is 5.74. The average molecular weight is 326 g/mol. The highest BCUT2D eigenvalue weighted by molar-refractivity contribution is 6.04. The molecule has 24 heavy (non-hydrogen) atoms. The van der Waals surface area contributed by atoms with Gasteiger partial charge in [-0.3, -0.25) is 9.59 Å². The van der Waals surface area contributed by atoms with E-state index >= 15 is 0 Å². The molecule has 0 aliphatic heterocycles. The number of aryl methyl sites for hydroxylation is 2. The number of aliphatic carboxylic acids is 2. The fourth-order valence-electron chi connectivity index (χ4n) is 2.89. The Morgan fingerprint density at radius 3 is 2.00 bits per heavy atom. The summed E-state index contributed by atoms with van der Waals surface area (Å²) in [6, 6.07) is 16.4. The van der Waals surface area contributed by atoms with Gasteiger partial charge in [-0.2, -0.15) is 0 Å². The van der Waals surface area contributed by atoms with Gasteiger partial charge in [0.25, 0.3) is 0 Å². The molecule has 4 nitrogen and oxygen atoms in total. The number of carbonyl (C=O) groups is 2. The van der Waals surface area contributed by atoms with Gasteiger partial charge in [0, 0.05) is 0 Å². The van der Waals surface area contributed by atoms with E-state index in [1.165, 1.54) is 11.1 Å². The molecule has 2 rings (SSSR count). The number of hydrogen-bond acceptors (Lipinski definition) is 2. The van der Waals surface area contributed by atoms with Gasteiger partial charge in [0.2, 0.25) is 0 Å². The highest BCUT2D eigenvalue weighted by Crippen LogP contribution is 2.31. The second-order valence-corrected chi connectivity index (χ2v) is 6.07. The molecule has 0 saturated carbocycles. The molecule has 0 aromatic heterocycles. The summed E-state index contributed by atoms with van der Waals surface area (Å²) < 4.78 is 0. The Bertz CT molecular complexity index is 675. The second-order valence-electron chi connectivity index (χ2n) is 6.07. The van der Waals surface area contributed by atoms with Crippen LogP contribution in [0, 0.1) is 6.92 Å². The Morgan fingerprint density at radius 1 is 0.875 bits per heavy atom. The van der Waals surface area contributed by atoms with Crippen molar-refractivity contribution in [1.29, 1.82) is 0 Å². The molecular weight excluding hydrogens is 304 g/mol. The van der Waals surface area contributed by atoms with Crippen molar-refractivity contribution in [3.8, 4) is 0 Å². The normalized spacial score (nSPS) is 11.2. The van der Waals surface area contributed by atoms with Crippen molar-refractivity contribution in [3.05, 3.63) is 71.3 Å². The first-order valence-corrected chi connectivity index (χ1v) is 8.04. The monoisotopic (exact) mass is 326 g/mol. The predicted molar refractivity (Wildman–Crippen MR) is 92.1 cm³/mol. The number of rotatable bonds is 8. The number of benzene rings is 2. The summed E-state index contributed by atoms with van der Waals surface area (Å²) in [6.45, 7) is 2.03. The zero-order valence-electron chi connectivity index (χ0n) is 13.7. The fraction of sp³-hybridized carbons (Fsp3) is 0.300. The lowest BCUT2D eigenvalue weighted by Crippen LogP contribution is -2.43. The molecule has 0 spiro atoms. The van der Waals surface area contributed by atoms with Crippen LogP contribution in [-0.4, -0.2) is 22.2 Å². The van der Waals surface area contributed by atoms with Crippen LogP contribution in [0.15, 0.2) is 54.6 Å². The molecule has 126 valence electrons. The zero-order chi connectivity index (χ0) is 17.6. The van der Waals surface area contributed by atoms with Crippen LogP contribution in [0.1, 0.15) is 36.0 Å². The smallest absolute Gasteiger partial charge is 0.325 e. The van der Waals surface area contributed by atoms with E-state index in [9.17, 15) is 19.8 Å². The number of carboxylic acids is 2. The van der Waals surface area contributed by atoms with Crippen molar-refractivity contribution in [3.63, 3.8) is 0 Å². The van der Waals surface area contributed by atoms with Crippen LogP contribution in [0.5, 0.6) is 0 Å². The topological polar surface area (TPSA) is 74.6 Å². The van der Waals surface area contributed by atoms with Crippen LogP contribution in [0.25, 0.3) is 0 Å². The van der Waals surface area contributed by atoms with E-state index in [1.807, 2.05) is 31.2 Å². The van der Waals surface area contributed by atoms with Gasteiger partial charge in [-0.25, -0.2) is 0 Å². The van der Waals surface area contributed by atoms with Gasteiger partial charge >= 0.3 is 11.9 Å². The minimum absolute atomic E-state index is 0.0769. The highest BCUT2D eigenvalue weighted by Gasteiger charge is 2.47. The Balaban J connectivity index is 2.08. The lowest BCUT2D eigenvalue weighted by atomic mass is 9.76. The summed E-state index contributed by atoms with van der Waals surface area (Å²) >= 11 is 0. The summed E-state index contributed by atoms with van der Waals surface area (Å²) in [5.41, 5.74) is 0.810. The molecule has 0 fully saturated rings. The van der Waals surface area contributed by atoms with Crippen LogP contribution in [0.2, 0.25) is 0 Å².